The maximum atomic E-state index is 11.5. The Balaban J connectivity index is 1.42. The molecule has 2 aromatic carbocycles. The molecule has 1 heterocycles. The molecule has 0 unspecified atom stereocenters. The van der Waals surface area contributed by atoms with Crippen LogP contribution in [0.3, 0.4) is 0 Å². The third kappa shape index (κ3) is 4.83. The monoisotopic (exact) mass is 493 g/mol. The van der Waals surface area contributed by atoms with Crippen LogP contribution in [0.5, 0.6) is 11.5 Å². The van der Waals surface area contributed by atoms with Crippen molar-refractivity contribution in [2.24, 2.45) is 0 Å². The van der Waals surface area contributed by atoms with Gasteiger partial charge in [-0.3, -0.25) is 4.79 Å². The number of ether oxygens (including phenoxy) is 2. The zero-order chi connectivity index (χ0) is 21.1. The Hall–Kier alpha value is -1.60. The van der Waals surface area contributed by atoms with Gasteiger partial charge in [0, 0.05) is 30.2 Å². The molecule has 2 atom stereocenters. The lowest BCUT2D eigenvalue weighted by Gasteiger charge is -2.19. The number of carbonyl (C=O) groups excluding carboxylic acids is 1. The summed E-state index contributed by atoms with van der Waals surface area (Å²) >= 11 is 10.0. The Morgan fingerprint density at radius 2 is 2.13 bits per heavy atom. The lowest BCUT2D eigenvalue weighted by atomic mass is 10.1. The van der Waals surface area contributed by atoms with E-state index in [2.05, 4.69) is 26.9 Å². The highest BCUT2D eigenvalue weighted by Crippen LogP contribution is 2.41. The van der Waals surface area contributed by atoms with Gasteiger partial charge in [-0.2, -0.15) is 0 Å². The number of aldehydes is 1. The molecule has 0 amide bonds. The zero-order valence-corrected chi connectivity index (χ0v) is 19.0. The van der Waals surface area contributed by atoms with Gasteiger partial charge in [-0.15, -0.1) is 0 Å². The van der Waals surface area contributed by atoms with E-state index in [9.17, 15) is 9.90 Å². The smallest absolute Gasteiger partial charge is 0.153 e. The van der Waals surface area contributed by atoms with Gasteiger partial charge in [-0.05, 0) is 48.9 Å². The Morgan fingerprint density at radius 1 is 1.27 bits per heavy atom. The summed E-state index contributed by atoms with van der Waals surface area (Å²) in [6.45, 7) is 2.97. The molecule has 0 spiro atoms. The summed E-state index contributed by atoms with van der Waals surface area (Å²) in [6, 6.07) is 9.46. The molecule has 0 aromatic heterocycles. The van der Waals surface area contributed by atoms with Crippen LogP contribution in [-0.2, 0) is 6.42 Å². The van der Waals surface area contributed by atoms with Crippen LogP contribution in [0.15, 0.2) is 34.8 Å². The standard InChI is InChI=1S/C23H25BrClNO4/c24-19-4-1-3-18-17(19)5-6-21(18)30-23-12-22(15(14-27)11-20(23)25)29-10-2-8-26-9-7-16(28)13-26/h1,3-4,11-12,14,16,21,28H,2,5-10,13H2/t16-,21+/m1/s1. The van der Waals surface area contributed by atoms with Crippen molar-refractivity contribution in [1.82, 2.24) is 4.90 Å². The second-order valence-electron chi connectivity index (χ2n) is 7.84. The molecule has 0 saturated carbocycles. The summed E-state index contributed by atoms with van der Waals surface area (Å²) in [5.41, 5.74) is 2.85. The number of halogens is 2. The first-order valence-electron chi connectivity index (χ1n) is 10.3. The molecule has 160 valence electrons. The van der Waals surface area contributed by atoms with Gasteiger partial charge < -0.3 is 19.5 Å². The van der Waals surface area contributed by atoms with Crippen molar-refractivity contribution < 1.29 is 19.4 Å². The number of β-amino-alcohol motifs (C(OH)–C–C–N with tert-alkyl or cyclic N) is 1. The van der Waals surface area contributed by atoms with Gasteiger partial charge in [-0.25, -0.2) is 0 Å². The molecule has 0 radical (unpaired) electrons. The van der Waals surface area contributed by atoms with Crippen molar-refractivity contribution in [2.45, 2.75) is 37.9 Å². The highest BCUT2D eigenvalue weighted by atomic mass is 79.9. The lowest BCUT2D eigenvalue weighted by Crippen LogP contribution is -2.24. The lowest BCUT2D eigenvalue weighted by molar-refractivity contribution is 0.111. The van der Waals surface area contributed by atoms with E-state index in [1.165, 1.54) is 5.56 Å². The van der Waals surface area contributed by atoms with E-state index in [0.29, 0.717) is 28.7 Å². The molecule has 1 fully saturated rings. The van der Waals surface area contributed by atoms with E-state index in [1.807, 2.05) is 12.1 Å². The number of likely N-dealkylation sites (tertiary alicyclic amines) is 1. The fraction of sp³-hybridized carbons (Fsp3) is 0.435. The second kappa shape index (κ2) is 9.69. The van der Waals surface area contributed by atoms with Gasteiger partial charge in [0.05, 0.1) is 23.3 Å². The largest absolute Gasteiger partial charge is 0.493 e. The summed E-state index contributed by atoms with van der Waals surface area (Å²) in [6.07, 6.45) is 3.92. The molecule has 1 N–H and O–H groups in total. The van der Waals surface area contributed by atoms with Crippen molar-refractivity contribution in [2.75, 3.05) is 26.2 Å². The molecule has 2 aliphatic rings. The van der Waals surface area contributed by atoms with Crippen LogP contribution in [0.25, 0.3) is 0 Å². The number of aliphatic hydroxyl groups is 1. The summed E-state index contributed by atoms with van der Waals surface area (Å²) in [4.78, 5) is 13.7. The van der Waals surface area contributed by atoms with E-state index in [4.69, 9.17) is 21.1 Å². The highest BCUT2D eigenvalue weighted by Gasteiger charge is 2.27. The highest BCUT2D eigenvalue weighted by molar-refractivity contribution is 9.10. The maximum Gasteiger partial charge on any atom is 0.153 e. The summed E-state index contributed by atoms with van der Waals surface area (Å²) in [7, 11) is 0. The average molecular weight is 495 g/mol. The maximum absolute atomic E-state index is 11.5. The number of aliphatic hydroxyl groups excluding tert-OH is 1. The fourth-order valence-electron chi connectivity index (χ4n) is 4.19. The molecule has 30 heavy (non-hydrogen) atoms. The quantitative estimate of drug-likeness (QED) is 0.421. The van der Waals surface area contributed by atoms with Gasteiger partial charge in [0.15, 0.2) is 6.29 Å². The van der Waals surface area contributed by atoms with Crippen LogP contribution < -0.4 is 9.47 Å². The van der Waals surface area contributed by atoms with Crippen molar-refractivity contribution in [3.05, 3.63) is 56.5 Å². The first-order valence-corrected chi connectivity index (χ1v) is 11.5. The number of hydrogen-bond donors (Lipinski definition) is 1. The number of benzene rings is 2. The molecule has 4 rings (SSSR count). The first-order chi connectivity index (χ1) is 14.5. The minimum atomic E-state index is -0.218. The number of nitrogens with zero attached hydrogens (tertiary/aromatic N) is 1. The summed E-state index contributed by atoms with van der Waals surface area (Å²) in [5.74, 6) is 1.01. The normalized spacial score (nSPS) is 20.9. The predicted molar refractivity (Wildman–Crippen MR) is 120 cm³/mol. The van der Waals surface area contributed by atoms with Gasteiger partial charge >= 0.3 is 0 Å². The number of rotatable bonds is 8. The van der Waals surface area contributed by atoms with E-state index in [0.717, 1.165) is 61.6 Å². The number of carbonyl (C=O) groups is 1. The van der Waals surface area contributed by atoms with E-state index >= 15 is 0 Å². The number of fused-ring (bicyclic) bond motifs is 1. The molecular weight excluding hydrogens is 470 g/mol. The minimum absolute atomic E-state index is 0.0773. The van der Waals surface area contributed by atoms with Crippen LogP contribution in [-0.4, -0.2) is 48.6 Å². The molecule has 5 nitrogen and oxygen atoms in total. The number of hydrogen-bond acceptors (Lipinski definition) is 5. The van der Waals surface area contributed by atoms with Crippen molar-refractivity contribution in [3.63, 3.8) is 0 Å². The van der Waals surface area contributed by atoms with Gasteiger partial charge in [0.25, 0.3) is 0 Å². The Kier molecular flexibility index (Phi) is 6.98. The molecule has 1 aliphatic heterocycles. The molecule has 1 saturated heterocycles. The van der Waals surface area contributed by atoms with Crippen LogP contribution in [0.1, 0.15) is 46.9 Å². The minimum Gasteiger partial charge on any atom is -0.493 e. The van der Waals surface area contributed by atoms with E-state index < -0.39 is 0 Å². The SMILES string of the molecule is O=Cc1cc(Cl)c(O[C@H]2CCc3c(Br)cccc32)cc1OCCCN1CC[C@@H](O)C1. The van der Waals surface area contributed by atoms with Gasteiger partial charge in [0.2, 0.25) is 0 Å². The van der Waals surface area contributed by atoms with Crippen LogP contribution >= 0.6 is 27.5 Å². The zero-order valence-electron chi connectivity index (χ0n) is 16.7. The molecule has 2 aromatic rings. The predicted octanol–water partition coefficient (Wildman–Crippen LogP) is 4.82. The topological polar surface area (TPSA) is 59.0 Å². The first kappa shape index (κ1) is 21.6. The van der Waals surface area contributed by atoms with Crippen LogP contribution in [0, 0.1) is 0 Å². The Labute approximate surface area is 190 Å². The van der Waals surface area contributed by atoms with E-state index in [-0.39, 0.29) is 12.2 Å². The molecular formula is C23H25BrClNO4. The fourth-order valence-corrected chi connectivity index (χ4v) is 4.99. The molecule has 1 aliphatic carbocycles. The van der Waals surface area contributed by atoms with Gasteiger partial charge in [0.1, 0.15) is 17.6 Å². The van der Waals surface area contributed by atoms with Crippen molar-refractivity contribution in [3.8, 4) is 11.5 Å². The van der Waals surface area contributed by atoms with E-state index in [1.54, 1.807) is 12.1 Å². The van der Waals surface area contributed by atoms with Crippen LogP contribution in [0.2, 0.25) is 5.02 Å². The third-order valence-electron chi connectivity index (χ3n) is 5.74. The van der Waals surface area contributed by atoms with Crippen molar-refractivity contribution >= 4 is 33.8 Å². The van der Waals surface area contributed by atoms with Gasteiger partial charge in [-0.1, -0.05) is 39.7 Å². The Bertz CT molecular complexity index is 922. The average Bonchev–Trinajstić information content (AvgIpc) is 3.34. The Morgan fingerprint density at radius 3 is 2.90 bits per heavy atom. The second-order valence-corrected chi connectivity index (χ2v) is 9.10. The van der Waals surface area contributed by atoms with Crippen molar-refractivity contribution in [1.29, 1.82) is 0 Å². The molecule has 7 heteroatoms. The third-order valence-corrected chi connectivity index (χ3v) is 6.78. The molecule has 0 bridgehead atoms. The summed E-state index contributed by atoms with van der Waals surface area (Å²) < 4.78 is 13.2. The van der Waals surface area contributed by atoms with Crippen LogP contribution in [0.4, 0.5) is 0 Å². The summed E-state index contributed by atoms with van der Waals surface area (Å²) in [5, 5.41) is 10.0.